The van der Waals surface area contributed by atoms with Gasteiger partial charge in [0.25, 0.3) is 0 Å². The first kappa shape index (κ1) is 14.9. The summed E-state index contributed by atoms with van der Waals surface area (Å²) in [5.41, 5.74) is 5.84. The monoisotopic (exact) mass is 258 g/mol. The number of aliphatic carboxylic acids is 1. The highest BCUT2D eigenvalue weighted by atomic mass is 16.5. The number of carbonyl (C=O) groups excluding carboxylic acids is 1. The molecule has 0 spiro atoms. The van der Waals surface area contributed by atoms with Crippen LogP contribution in [-0.2, 0) is 14.3 Å². The predicted octanol–water partition coefficient (Wildman–Crippen LogP) is 0.206. The molecule has 1 amide bonds. The van der Waals surface area contributed by atoms with Crippen LogP contribution in [0.3, 0.4) is 0 Å². The molecular formula is C12H22N2O4. The number of hydrogen-bond acceptors (Lipinski definition) is 4. The lowest BCUT2D eigenvalue weighted by Gasteiger charge is -2.25. The Morgan fingerprint density at radius 1 is 1.50 bits per heavy atom. The molecule has 104 valence electrons. The van der Waals surface area contributed by atoms with E-state index in [1.54, 1.807) is 12.0 Å². The molecule has 0 aromatic heterocycles. The zero-order valence-corrected chi connectivity index (χ0v) is 10.8. The van der Waals surface area contributed by atoms with E-state index in [9.17, 15) is 9.59 Å². The minimum atomic E-state index is -0.888. The van der Waals surface area contributed by atoms with Crippen LogP contribution in [0.2, 0.25) is 0 Å². The highest BCUT2D eigenvalue weighted by Crippen LogP contribution is 2.27. The van der Waals surface area contributed by atoms with E-state index in [1.165, 1.54) is 0 Å². The molecule has 0 aliphatic heterocycles. The van der Waals surface area contributed by atoms with E-state index in [1.807, 2.05) is 0 Å². The first-order valence-electron chi connectivity index (χ1n) is 6.33. The lowest BCUT2D eigenvalue weighted by molar-refractivity contribution is -0.139. The Bertz CT molecular complexity index is 292. The molecule has 1 aliphatic carbocycles. The molecule has 0 saturated heterocycles. The summed E-state index contributed by atoms with van der Waals surface area (Å²) < 4.78 is 4.91. The molecule has 6 heteroatoms. The number of nitrogens with two attached hydrogens (primary N) is 1. The fraction of sp³-hybridized carbons (Fsp3) is 0.833. The van der Waals surface area contributed by atoms with Gasteiger partial charge < -0.3 is 20.5 Å². The van der Waals surface area contributed by atoms with Gasteiger partial charge in [0.05, 0.1) is 12.5 Å². The van der Waals surface area contributed by atoms with Crippen LogP contribution >= 0.6 is 0 Å². The van der Waals surface area contributed by atoms with Gasteiger partial charge in [-0.2, -0.15) is 0 Å². The molecule has 0 bridgehead atoms. The molecule has 0 heterocycles. The Morgan fingerprint density at radius 3 is 2.67 bits per heavy atom. The number of carbonyl (C=O) groups is 2. The molecule has 1 fully saturated rings. The molecule has 1 aliphatic rings. The van der Waals surface area contributed by atoms with E-state index in [2.05, 4.69) is 0 Å². The summed E-state index contributed by atoms with van der Waals surface area (Å²) in [6.07, 6.45) is 3.20. The summed E-state index contributed by atoms with van der Waals surface area (Å²) in [6.45, 7) is 0.844. The number of amides is 1. The van der Waals surface area contributed by atoms with Crippen LogP contribution in [-0.4, -0.2) is 54.2 Å². The summed E-state index contributed by atoms with van der Waals surface area (Å²) in [5.74, 6) is -1.02. The van der Waals surface area contributed by atoms with Crippen LogP contribution in [0.15, 0.2) is 0 Å². The number of methoxy groups -OCH3 is 1. The van der Waals surface area contributed by atoms with Crippen LogP contribution in [0.4, 0.5) is 0 Å². The van der Waals surface area contributed by atoms with Crippen molar-refractivity contribution in [3.05, 3.63) is 0 Å². The molecule has 1 rings (SSSR count). The molecule has 0 radical (unpaired) electrons. The highest BCUT2D eigenvalue weighted by Gasteiger charge is 2.34. The SMILES string of the molecule is COCCCC(N)C(=O)N(CCC(=O)O)C1CC1. The lowest BCUT2D eigenvalue weighted by Crippen LogP contribution is -2.45. The van der Waals surface area contributed by atoms with Gasteiger partial charge in [-0.25, -0.2) is 0 Å². The minimum Gasteiger partial charge on any atom is -0.481 e. The number of carboxylic acids is 1. The molecule has 18 heavy (non-hydrogen) atoms. The lowest BCUT2D eigenvalue weighted by atomic mass is 10.1. The van der Waals surface area contributed by atoms with E-state index in [0.717, 1.165) is 19.3 Å². The van der Waals surface area contributed by atoms with Crippen molar-refractivity contribution in [1.82, 2.24) is 4.90 Å². The predicted molar refractivity (Wildman–Crippen MR) is 66.1 cm³/mol. The van der Waals surface area contributed by atoms with Crippen molar-refractivity contribution in [1.29, 1.82) is 0 Å². The van der Waals surface area contributed by atoms with Crippen molar-refractivity contribution >= 4 is 11.9 Å². The Labute approximate surface area is 107 Å². The third-order valence-electron chi connectivity index (χ3n) is 3.02. The molecule has 0 aromatic carbocycles. The Hall–Kier alpha value is -1.14. The summed E-state index contributed by atoms with van der Waals surface area (Å²) in [4.78, 5) is 24.3. The van der Waals surface area contributed by atoms with E-state index >= 15 is 0 Å². The number of hydrogen-bond donors (Lipinski definition) is 2. The molecule has 6 nitrogen and oxygen atoms in total. The summed E-state index contributed by atoms with van der Waals surface area (Å²) >= 11 is 0. The third kappa shape index (κ3) is 5.01. The van der Waals surface area contributed by atoms with Crippen molar-refractivity contribution in [2.75, 3.05) is 20.3 Å². The molecule has 1 atom stereocenters. The van der Waals surface area contributed by atoms with Gasteiger partial charge >= 0.3 is 5.97 Å². The second kappa shape index (κ2) is 7.33. The third-order valence-corrected chi connectivity index (χ3v) is 3.02. The topological polar surface area (TPSA) is 92.9 Å². The molecule has 0 aromatic rings. The first-order valence-corrected chi connectivity index (χ1v) is 6.33. The average Bonchev–Trinajstić information content (AvgIpc) is 3.13. The van der Waals surface area contributed by atoms with Gasteiger partial charge in [-0.15, -0.1) is 0 Å². The number of nitrogens with zero attached hydrogens (tertiary/aromatic N) is 1. The number of rotatable bonds is 9. The normalized spacial score (nSPS) is 16.3. The maximum Gasteiger partial charge on any atom is 0.305 e. The first-order chi connectivity index (χ1) is 8.56. The van der Waals surface area contributed by atoms with Gasteiger partial charge in [0.1, 0.15) is 0 Å². The zero-order valence-electron chi connectivity index (χ0n) is 10.8. The average molecular weight is 258 g/mol. The van der Waals surface area contributed by atoms with Crippen molar-refractivity contribution in [3.63, 3.8) is 0 Å². The van der Waals surface area contributed by atoms with Crippen LogP contribution < -0.4 is 5.73 Å². The fourth-order valence-corrected chi connectivity index (χ4v) is 1.86. The standard InChI is InChI=1S/C12H22N2O4/c1-18-8-2-3-10(13)12(17)14(9-4-5-9)7-6-11(15)16/h9-10H,2-8,13H2,1H3,(H,15,16). The summed E-state index contributed by atoms with van der Waals surface area (Å²) in [7, 11) is 1.61. The smallest absolute Gasteiger partial charge is 0.305 e. The Balaban J connectivity index is 2.40. The van der Waals surface area contributed by atoms with Gasteiger partial charge in [-0.05, 0) is 25.7 Å². The van der Waals surface area contributed by atoms with Crippen molar-refractivity contribution in [2.24, 2.45) is 5.73 Å². The van der Waals surface area contributed by atoms with Crippen molar-refractivity contribution in [3.8, 4) is 0 Å². The van der Waals surface area contributed by atoms with Crippen molar-refractivity contribution < 1.29 is 19.4 Å². The summed E-state index contributed by atoms with van der Waals surface area (Å²) in [5, 5.41) is 8.67. The van der Waals surface area contributed by atoms with Gasteiger partial charge in [-0.1, -0.05) is 0 Å². The quantitative estimate of drug-likeness (QED) is 0.576. The summed E-state index contributed by atoms with van der Waals surface area (Å²) in [6, 6.07) is -0.347. The fourth-order valence-electron chi connectivity index (χ4n) is 1.86. The number of carboxylic acid groups (broad SMARTS) is 1. The molecule has 3 N–H and O–H groups in total. The van der Waals surface area contributed by atoms with E-state index in [-0.39, 0.29) is 24.9 Å². The molecular weight excluding hydrogens is 236 g/mol. The van der Waals surface area contributed by atoms with Gasteiger partial charge in [0.15, 0.2) is 0 Å². The van der Waals surface area contributed by atoms with Gasteiger partial charge in [-0.3, -0.25) is 9.59 Å². The zero-order chi connectivity index (χ0) is 13.5. The van der Waals surface area contributed by atoms with Crippen molar-refractivity contribution in [2.45, 2.75) is 44.2 Å². The number of ether oxygens (including phenoxy) is 1. The van der Waals surface area contributed by atoms with E-state index in [0.29, 0.717) is 13.0 Å². The molecule has 1 unspecified atom stereocenters. The van der Waals surface area contributed by atoms with E-state index < -0.39 is 12.0 Å². The van der Waals surface area contributed by atoms with Crippen LogP contribution in [0, 0.1) is 0 Å². The van der Waals surface area contributed by atoms with Crippen LogP contribution in [0.1, 0.15) is 32.1 Å². The Morgan fingerprint density at radius 2 is 2.17 bits per heavy atom. The largest absolute Gasteiger partial charge is 0.481 e. The van der Waals surface area contributed by atoms with Gasteiger partial charge in [0.2, 0.25) is 5.91 Å². The maximum atomic E-state index is 12.1. The second-order valence-electron chi connectivity index (χ2n) is 4.65. The van der Waals surface area contributed by atoms with Crippen LogP contribution in [0.5, 0.6) is 0 Å². The Kier molecular flexibility index (Phi) is 6.07. The minimum absolute atomic E-state index is 0.0208. The molecule has 1 saturated carbocycles. The van der Waals surface area contributed by atoms with Gasteiger partial charge in [0, 0.05) is 26.3 Å². The second-order valence-corrected chi connectivity index (χ2v) is 4.65. The maximum absolute atomic E-state index is 12.1. The highest BCUT2D eigenvalue weighted by molar-refractivity contribution is 5.82. The van der Waals surface area contributed by atoms with E-state index in [4.69, 9.17) is 15.6 Å². The van der Waals surface area contributed by atoms with Crippen LogP contribution in [0.25, 0.3) is 0 Å².